The smallest absolute Gasteiger partial charge is 0.257 e. The minimum atomic E-state index is 0.421. The van der Waals surface area contributed by atoms with E-state index in [9.17, 15) is 0 Å². The lowest BCUT2D eigenvalue weighted by atomic mass is 10.1. The molecule has 134 valence electrons. The number of rotatable bonds is 6. The molecule has 1 aromatic heterocycles. The van der Waals surface area contributed by atoms with E-state index in [2.05, 4.69) is 38.4 Å². The van der Waals surface area contributed by atoms with E-state index in [4.69, 9.17) is 9.47 Å². The van der Waals surface area contributed by atoms with Crippen LogP contribution in [-0.2, 0) is 0 Å². The summed E-state index contributed by atoms with van der Waals surface area (Å²) in [6.07, 6.45) is 3.36. The monoisotopic (exact) mass is 350 g/mol. The van der Waals surface area contributed by atoms with Crippen molar-refractivity contribution in [1.82, 2.24) is 15.3 Å². The van der Waals surface area contributed by atoms with Crippen LogP contribution in [0.15, 0.2) is 54.9 Å². The van der Waals surface area contributed by atoms with Crippen LogP contribution in [0.2, 0.25) is 0 Å². The Labute approximate surface area is 152 Å². The number of fused-ring (bicyclic) bond motifs is 1. The molecule has 2 aromatic carbocycles. The van der Waals surface area contributed by atoms with Crippen molar-refractivity contribution in [2.24, 2.45) is 0 Å². The summed E-state index contributed by atoms with van der Waals surface area (Å²) < 4.78 is 11.7. The largest absolute Gasteiger partial charge is 0.490 e. The lowest BCUT2D eigenvalue weighted by Gasteiger charge is -2.28. The molecule has 0 saturated carbocycles. The van der Waals surface area contributed by atoms with E-state index in [0.717, 1.165) is 37.7 Å². The maximum absolute atomic E-state index is 5.84. The van der Waals surface area contributed by atoms with Crippen molar-refractivity contribution in [3.8, 4) is 11.6 Å². The zero-order valence-electron chi connectivity index (χ0n) is 14.6. The van der Waals surface area contributed by atoms with E-state index in [-0.39, 0.29) is 0 Å². The molecule has 1 aliphatic heterocycles. The molecule has 1 fully saturated rings. The minimum Gasteiger partial charge on any atom is -0.490 e. The average molecular weight is 350 g/mol. The third-order valence-electron chi connectivity index (χ3n) is 4.37. The van der Waals surface area contributed by atoms with Crippen LogP contribution in [0.5, 0.6) is 11.6 Å². The van der Waals surface area contributed by atoms with Crippen LogP contribution in [0, 0.1) is 0 Å². The van der Waals surface area contributed by atoms with Gasteiger partial charge in [-0.25, -0.2) is 9.97 Å². The molecule has 0 unspecified atom stereocenters. The highest BCUT2D eigenvalue weighted by Gasteiger charge is 2.17. The van der Waals surface area contributed by atoms with Crippen molar-refractivity contribution >= 4 is 16.6 Å². The van der Waals surface area contributed by atoms with Gasteiger partial charge in [0.25, 0.3) is 5.88 Å². The van der Waals surface area contributed by atoms with E-state index in [1.165, 1.54) is 10.8 Å². The van der Waals surface area contributed by atoms with Gasteiger partial charge in [-0.15, -0.1) is 0 Å². The standard InChI is InChI=1S/C20H22N4O2/c1-2-4-17-15-18(6-5-16(17)3-1)25-13-14-26-20-19(22-7-8-23-20)24-11-9-21-10-12-24/h1-8,15,21H,9-14H2. The number of benzene rings is 2. The second kappa shape index (κ2) is 8.01. The van der Waals surface area contributed by atoms with Crippen molar-refractivity contribution < 1.29 is 9.47 Å². The Balaban J connectivity index is 1.34. The highest BCUT2D eigenvalue weighted by Crippen LogP contribution is 2.23. The first-order chi connectivity index (χ1) is 12.9. The van der Waals surface area contributed by atoms with Crippen molar-refractivity contribution in [3.05, 3.63) is 54.9 Å². The predicted molar refractivity (Wildman–Crippen MR) is 102 cm³/mol. The van der Waals surface area contributed by atoms with Crippen molar-refractivity contribution in [2.75, 3.05) is 44.3 Å². The third kappa shape index (κ3) is 3.86. The van der Waals surface area contributed by atoms with Crippen LogP contribution >= 0.6 is 0 Å². The fraction of sp³-hybridized carbons (Fsp3) is 0.300. The molecule has 0 spiro atoms. The normalized spacial score (nSPS) is 14.4. The van der Waals surface area contributed by atoms with Gasteiger partial charge in [0.15, 0.2) is 5.82 Å². The van der Waals surface area contributed by atoms with Gasteiger partial charge in [0.1, 0.15) is 19.0 Å². The lowest BCUT2D eigenvalue weighted by molar-refractivity contribution is 0.212. The number of nitrogens with one attached hydrogen (secondary N) is 1. The van der Waals surface area contributed by atoms with Gasteiger partial charge in [-0.1, -0.05) is 30.3 Å². The van der Waals surface area contributed by atoms with Crippen LogP contribution in [0.25, 0.3) is 10.8 Å². The predicted octanol–water partition coefficient (Wildman–Crippen LogP) is 2.50. The summed E-state index contributed by atoms with van der Waals surface area (Å²) in [7, 11) is 0. The summed E-state index contributed by atoms with van der Waals surface area (Å²) >= 11 is 0. The van der Waals surface area contributed by atoms with E-state index < -0.39 is 0 Å². The first kappa shape index (κ1) is 16.6. The third-order valence-corrected chi connectivity index (χ3v) is 4.37. The highest BCUT2D eigenvalue weighted by molar-refractivity contribution is 5.83. The zero-order valence-corrected chi connectivity index (χ0v) is 14.6. The second-order valence-corrected chi connectivity index (χ2v) is 6.13. The molecule has 1 saturated heterocycles. The second-order valence-electron chi connectivity index (χ2n) is 6.13. The molecule has 3 aromatic rings. The van der Waals surface area contributed by atoms with Crippen molar-refractivity contribution in [2.45, 2.75) is 0 Å². The number of aromatic nitrogens is 2. The molecular formula is C20H22N4O2. The number of hydrogen-bond acceptors (Lipinski definition) is 6. The topological polar surface area (TPSA) is 59.5 Å². The number of piperazine rings is 1. The van der Waals surface area contributed by atoms with Gasteiger partial charge in [-0.2, -0.15) is 0 Å². The Morgan fingerprint density at radius 1 is 0.885 bits per heavy atom. The fourth-order valence-electron chi connectivity index (χ4n) is 3.07. The molecule has 6 heteroatoms. The Morgan fingerprint density at radius 3 is 2.54 bits per heavy atom. The fourth-order valence-corrected chi connectivity index (χ4v) is 3.07. The molecule has 0 amide bonds. The van der Waals surface area contributed by atoms with Gasteiger partial charge in [0.05, 0.1) is 0 Å². The summed E-state index contributed by atoms with van der Waals surface area (Å²) in [5.74, 6) is 2.21. The van der Waals surface area contributed by atoms with Gasteiger partial charge >= 0.3 is 0 Å². The Bertz CT molecular complexity index is 865. The summed E-state index contributed by atoms with van der Waals surface area (Å²) in [6, 6.07) is 14.3. The minimum absolute atomic E-state index is 0.421. The SMILES string of the molecule is c1ccc2cc(OCCOc3nccnc3N3CCNCC3)ccc2c1. The Morgan fingerprint density at radius 2 is 1.65 bits per heavy atom. The van der Waals surface area contributed by atoms with Crippen LogP contribution in [0.4, 0.5) is 5.82 Å². The molecule has 4 rings (SSSR count). The summed E-state index contributed by atoms with van der Waals surface area (Å²) in [5, 5.41) is 5.71. The quantitative estimate of drug-likeness (QED) is 0.690. The van der Waals surface area contributed by atoms with E-state index >= 15 is 0 Å². The summed E-state index contributed by atoms with van der Waals surface area (Å²) in [4.78, 5) is 11.0. The number of anilines is 1. The maximum Gasteiger partial charge on any atom is 0.257 e. The van der Waals surface area contributed by atoms with Crippen LogP contribution in [0.1, 0.15) is 0 Å². The molecular weight excluding hydrogens is 328 g/mol. The number of nitrogens with zero attached hydrogens (tertiary/aromatic N) is 3. The van der Waals surface area contributed by atoms with Gasteiger partial charge in [0.2, 0.25) is 0 Å². The lowest BCUT2D eigenvalue weighted by Crippen LogP contribution is -2.44. The first-order valence-corrected chi connectivity index (χ1v) is 8.91. The molecule has 0 bridgehead atoms. The molecule has 1 aliphatic rings. The summed E-state index contributed by atoms with van der Waals surface area (Å²) in [5.41, 5.74) is 0. The Kier molecular flexibility index (Phi) is 5.12. The van der Waals surface area contributed by atoms with Gasteiger partial charge in [-0.3, -0.25) is 0 Å². The zero-order chi connectivity index (χ0) is 17.6. The van der Waals surface area contributed by atoms with Gasteiger partial charge in [0, 0.05) is 38.6 Å². The molecule has 0 aliphatic carbocycles. The highest BCUT2D eigenvalue weighted by atomic mass is 16.5. The van der Waals surface area contributed by atoms with E-state index in [1.54, 1.807) is 12.4 Å². The molecule has 0 atom stereocenters. The maximum atomic E-state index is 5.84. The number of hydrogen-bond donors (Lipinski definition) is 1. The molecule has 2 heterocycles. The Hall–Kier alpha value is -2.86. The molecule has 6 nitrogen and oxygen atoms in total. The van der Waals surface area contributed by atoms with E-state index in [0.29, 0.717) is 19.1 Å². The number of ether oxygens (including phenoxy) is 2. The van der Waals surface area contributed by atoms with Crippen molar-refractivity contribution in [3.63, 3.8) is 0 Å². The van der Waals surface area contributed by atoms with Crippen LogP contribution in [0.3, 0.4) is 0 Å². The molecule has 26 heavy (non-hydrogen) atoms. The average Bonchev–Trinajstić information content (AvgIpc) is 2.72. The van der Waals surface area contributed by atoms with Crippen LogP contribution < -0.4 is 19.7 Å². The first-order valence-electron chi connectivity index (χ1n) is 8.91. The molecule has 0 radical (unpaired) electrons. The molecule has 1 N–H and O–H groups in total. The van der Waals surface area contributed by atoms with Crippen LogP contribution in [-0.4, -0.2) is 49.4 Å². The van der Waals surface area contributed by atoms with Crippen molar-refractivity contribution in [1.29, 1.82) is 0 Å². The summed E-state index contributed by atoms with van der Waals surface area (Å²) in [6.45, 7) is 4.58. The van der Waals surface area contributed by atoms with Gasteiger partial charge in [-0.05, 0) is 22.9 Å². The van der Waals surface area contributed by atoms with E-state index in [1.807, 2.05) is 24.3 Å². The van der Waals surface area contributed by atoms with Gasteiger partial charge < -0.3 is 19.7 Å².